The van der Waals surface area contributed by atoms with Crippen molar-refractivity contribution in [2.24, 2.45) is 17.0 Å². The molecule has 6 nitrogen and oxygen atoms in total. The van der Waals surface area contributed by atoms with Crippen molar-refractivity contribution in [1.29, 1.82) is 0 Å². The Kier molecular flexibility index (Phi) is 9.28. The largest absolute Gasteiger partial charge is 0.466 e. The van der Waals surface area contributed by atoms with Crippen LogP contribution in [0.25, 0.3) is 21.6 Å². The van der Waals surface area contributed by atoms with Gasteiger partial charge in [0.15, 0.2) is 0 Å². The molecule has 0 unspecified atom stereocenters. The van der Waals surface area contributed by atoms with Crippen LogP contribution in [-0.4, -0.2) is 31.1 Å². The summed E-state index contributed by atoms with van der Waals surface area (Å²) in [6.07, 6.45) is 1.79. The minimum absolute atomic E-state index is 0.0680. The molecule has 152 valence electrons. The first kappa shape index (κ1) is 22.5. The molecule has 1 N–H and O–H groups in total. The highest BCUT2D eigenvalue weighted by Crippen LogP contribution is 2.26. The molecule has 0 saturated heterocycles. The Morgan fingerprint density at radius 1 is 1.17 bits per heavy atom. The molecule has 2 aromatic rings. The number of benzene rings is 2. The number of nitrogens with zero attached hydrogens (tertiary/aromatic N) is 3. The van der Waals surface area contributed by atoms with Crippen molar-refractivity contribution < 1.29 is 14.6 Å². The van der Waals surface area contributed by atoms with Crippen molar-refractivity contribution in [2.75, 3.05) is 13.2 Å². The lowest BCUT2D eigenvalue weighted by Crippen LogP contribution is -2.26. The fourth-order valence-electron chi connectivity index (χ4n) is 3.59. The summed E-state index contributed by atoms with van der Waals surface area (Å²) >= 11 is 0. The van der Waals surface area contributed by atoms with Gasteiger partial charge in [-0.3, -0.25) is 4.79 Å². The van der Waals surface area contributed by atoms with Gasteiger partial charge in [0.2, 0.25) is 0 Å². The van der Waals surface area contributed by atoms with Crippen LogP contribution in [0.15, 0.2) is 59.7 Å². The number of ether oxygens (including phenoxy) is 1. The molecule has 29 heavy (non-hydrogen) atoms. The first-order valence-corrected chi connectivity index (χ1v) is 10.0. The van der Waals surface area contributed by atoms with E-state index in [1.165, 1.54) is 0 Å². The van der Waals surface area contributed by atoms with Gasteiger partial charge in [-0.05, 0) is 54.2 Å². The molecule has 0 aliphatic heterocycles. The number of esters is 1. The molecule has 0 saturated carbocycles. The number of hydrogen-bond acceptors (Lipinski definition) is 4. The second-order valence-corrected chi connectivity index (χ2v) is 7.32. The smallest absolute Gasteiger partial charge is 0.309 e. The van der Waals surface area contributed by atoms with E-state index in [0.29, 0.717) is 12.7 Å². The Hall–Kier alpha value is -2.76. The zero-order valence-electron chi connectivity index (χ0n) is 17.1. The fourth-order valence-corrected chi connectivity index (χ4v) is 3.59. The van der Waals surface area contributed by atoms with Gasteiger partial charge in [-0.25, -0.2) is 0 Å². The number of azide groups is 1. The second-order valence-electron chi connectivity index (χ2n) is 7.32. The van der Waals surface area contributed by atoms with E-state index in [-0.39, 0.29) is 25.0 Å². The van der Waals surface area contributed by atoms with Crippen molar-refractivity contribution in [3.63, 3.8) is 0 Å². The summed E-state index contributed by atoms with van der Waals surface area (Å²) in [6.45, 7) is 3.38. The van der Waals surface area contributed by atoms with E-state index in [9.17, 15) is 9.82 Å². The van der Waals surface area contributed by atoms with Crippen LogP contribution in [-0.2, 0) is 16.0 Å². The van der Waals surface area contributed by atoms with E-state index in [2.05, 4.69) is 46.4 Å². The third-order valence-electron chi connectivity index (χ3n) is 4.86. The third kappa shape index (κ3) is 7.64. The van der Waals surface area contributed by atoms with Crippen molar-refractivity contribution in [1.82, 2.24) is 0 Å². The van der Waals surface area contributed by atoms with Gasteiger partial charge in [-0.1, -0.05) is 66.5 Å². The van der Waals surface area contributed by atoms with Gasteiger partial charge in [-0.2, -0.15) is 0 Å². The van der Waals surface area contributed by atoms with Crippen LogP contribution in [0, 0.1) is 11.8 Å². The van der Waals surface area contributed by atoms with E-state index in [1.54, 1.807) is 13.7 Å². The molecular weight excluding hydrogens is 365 g/mol. The van der Waals surface area contributed by atoms with Gasteiger partial charge in [0.05, 0.1) is 12.5 Å². The summed E-state index contributed by atoms with van der Waals surface area (Å²) < 4.78 is 5.14. The molecule has 7 heteroatoms. The Morgan fingerprint density at radius 2 is 1.83 bits per heavy atom. The molecule has 0 fully saturated rings. The highest BCUT2D eigenvalue weighted by atomic mass is 16.5. The monoisotopic (exact) mass is 393 g/mol. The van der Waals surface area contributed by atoms with Gasteiger partial charge in [0.1, 0.15) is 0 Å². The van der Waals surface area contributed by atoms with Crippen molar-refractivity contribution in [3.8, 4) is 11.1 Å². The number of carbonyl (C=O) groups is 1. The highest BCUT2D eigenvalue weighted by molar-refractivity contribution is 6.48. The Labute approximate surface area is 172 Å². The van der Waals surface area contributed by atoms with Crippen LogP contribution in [0.4, 0.5) is 0 Å². The standard InChI is InChI=1S/C22H28BN3O3/c1-3-29-22(27)21(16-25-26-24)14-18(15-23(2)28)13-17-9-11-20(12-10-17)19-7-5-4-6-8-19/h4-12,18,21,28H,3,13-16H2,1-2H3/t18-,21+/m1/s1. The molecule has 0 aliphatic carbocycles. The summed E-state index contributed by atoms with van der Waals surface area (Å²) in [6, 6.07) is 18.5. The zero-order valence-corrected chi connectivity index (χ0v) is 17.1. The molecule has 0 heterocycles. The van der Waals surface area contributed by atoms with Crippen LogP contribution in [0.1, 0.15) is 18.9 Å². The van der Waals surface area contributed by atoms with E-state index >= 15 is 0 Å². The quantitative estimate of drug-likeness (QED) is 0.191. The average molecular weight is 393 g/mol. The molecule has 0 bridgehead atoms. The molecule has 0 aromatic heterocycles. The van der Waals surface area contributed by atoms with Crippen molar-refractivity contribution >= 4 is 12.9 Å². The van der Waals surface area contributed by atoms with Crippen LogP contribution in [0.5, 0.6) is 0 Å². The summed E-state index contributed by atoms with van der Waals surface area (Å²) in [5.41, 5.74) is 12.1. The fraction of sp³-hybridized carbons (Fsp3) is 0.409. The van der Waals surface area contributed by atoms with E-state index in [4.69, 9.17) is 10.3 Å². The zero-order chi connectivity index (χ0) is 21.1. The number of hydrogen-bond donors (Lipinski definition) is 1. The maximum Gasteiger partial charge on any atom is 0.309 e. The van der Waals surface area contributed by atoms with Crippen molar-refractivity contribution in [3.05, 3.63) is 70.6 Å². The summed E-state index contributed by atoms with van der Waals surface area (Å²) in [5.74, 6) is -0.783. The summed E-state index contributed by atoms with van der Waals surface area (Å²) in [4.78, 5) is 15.0. The topological polar surface area (TPSA) is 95.3 Å². The molecule has 2 aromatic carbocycles. The van der Waals surface area contributed by atoms with Crippen LogP contribution in [0.2, 0.25) is 13.1 Å². The lowest BCUT2D eigenvalue weighted by atomic mass is 9.62. The maximum atomic E-state index is 12.3. The molecule has 2 atom stereocenters. The number of rotatable bonds is 11. The molecule has 0 radical (unpaired) electrons. The van der Waals surface area contributed by atoms with Crippen LogP contribution >= 0.6 is 0 Å². The summed E-state index contributed by atoms with van der Waals surface area (Å²) in [7, 11) is 0. The van der Waals surface area contributed by atoms with Gasteiger partial charge in [0.25, 0.3) is 6.92 Å². The maximum absolute atomic E-state index is 12.3. The van der Waals surface area contributed by atoms with Gasteiger partial charge >= 0.3 is 5.97 Å². The Bertz CT molecular complexity index is 806. The first-order chi connectivity index (χ1) is 14.0. The van der Waals surface area contributed by atoms with Crippen LogP contribution in [0.3, 0.4) is 0 Å². The molecule has 0 amide bonds. The Balaban J connectivity index is 2.12. The lowest BCUT2D eigenvalue weighted by molar-refractivity contribution is -0.148. The number of carbonyl (C=O) groups excluding carboxylic acids is 1. The van der Waals surface area contributed by atoms with Gasteiger partial charge < -0.3 is 9.76 Å². The normalized spacial score (nSPS) is 12.5. The third-order valence-corrected chi connectivity index (χ3v) is 4.86. The molecule has 0 spiro atoms. The Morgan fingerprint density at radius 3 is 2.41 bits per heavy atom. The molecular formula is C22H28BN3O3. The summed E-state index contributed by atoms with van der Waals surface area (Å²) in [5, 5.41) is 13.5. The van der Waals surface area contributed by atoms with Gasteiger partial charge in [0, 0.05) is 11.5 Å². The molecule has 0 aliphatic rings. The SMILES string of the molecule is CCOC(=O)[C@H](CN=[N+]=[N-])C[C@H](CB(C)O)Cc1ccc(-c2ccccc2)cc1. The van der Waals surface area contributed by atoms with Crippen molar-refractivity contribution in [2.45, 2.75) is 32.9 Å². The lowest BCUT2D eigenvalue weighted by Gasteiger charge is -2.22. The second kappa shape index (κ2) is 11.9. The molecule has 2 rings (SSSR count). The first-order valence-electron chi connectivity index (χ1n) is 10.0. The highest BCUT2D eigenvalue weighted by Gasteiger charge is 2.25. The average Bonchev–Trinajstić information content (AvgIpc) is 2.72. The predicted octanol–water partition coefficient (Wildman–Crippen LogP) is 5.01. The van der Waals surface area contributed by atoms with Crippen LogP contribution < -0.4 is 0 Å². The van der Waals surface area contributed by atoms with E-state index < -0.39 is 12.8 Å². The van der Waals surface area contributed by atoms with Gasteiger partial charge in [-0.15, -0.1) is 0 Å². The predicted molar refractivity (Wildman–Crippen MR) is 116 cm³/mol. The minimum Gasteiger partial charge on any atom is -0.466 e. The van der Waals surface area contributed by atoms with E-state index in [0.717, 1.165) is 23.1 Å². The van der Waals surface area contributed by atoms with E-state index in [1.807, 2.05) is 18.2 Å². The minimum atomic E-state index is -0.502.